The molecule has 18 heteroatoms. The van der Waals surface area contributed by atoms with Crippen LogP contribution in [0.5, 0.6) is 0 Å². The van der Waals surface area contributed by atoms with E-state index in [2.05, 4.69) is 54.7 Å². The smallest absolute Gasteiger partial charge is 0.251 e. The van der Waals surface area contributed by atoms with E-state index in [1.165, 1.54) is 16.0 Å². The van der Waals surface area contributed by atoms with Crippen LogP contribution in [0.3, 0.4) is 0 Å². The highest BCUT2D eigenvalue weighted by Gasteiger charge is 2.47. The van der Waals surface area contributed by atoms with E-state index in [1.54, 1.807) is 57.1 Å². The summed E-state index contributed by atoms with van der Waals surface area (Å²) >= 11 is 0. The van der Waals surface area contributed by atoms with Gasteiger partial charge in [-0.1, -0.05) is 73.9 Å². The van der Waals surface area contributed by atoms with E-state index >= 15 is 0 Å². The molecule has 6 aliphatic rings. The third kappa shape index (κ3) is 13.5. The molecule has 0 radical (unpaired) electrons. The zero-order valence-corrected chi connectivity index (χ0v) is 47.0. The van der Waals surface area contributed by atoms with Crippen molar-refractivity contribution < 1.29 is 38.4 Å². The largest absolute Gasteiger partial charge is 0.347 e. The van der Waals surface area contributed by atoms with Crippen molar-refractivity contribution in [3.63, 3.8) is 0 Å². The highest BCUT2D eigenvalue weighted by atomic mass is 16.2. The predicted octanol–water partition coefficient (Wildman–Crippen LogP) is 4.74. The predicted molar refractivity (Wildman–Crippen MR) is 304 cm³/mol. The lowest BCUT2D eigenvalue weighted by atomic mass is 9.83. The average molecular weight is 1100 g/mol. The molecule has 1 saturated carbocycles. The Morgan fingerprint density at radius 3 is 1.49 bits per heavy atom. The first-order valence-electron chi connectivity index (χ1n) is 29.4. The van der Waals surface area contributed by atoms with Gasteiger partial charge < -0.3 is 52.3 Å². The summed E-state index contributed by atoms with van der Waals surface area (Å²) < 4.78 is 0. The van der Waals surface area contributed by atoms with E-state index in [0.29, 0.717) is 6.42 Å². The van der Waals surface area contributed by atoms with Crippen molar-refractivity contribution in [2.45, 2.75) is 183 Å². The van der Waals surface area contributed by atoms with Crippen LogP contribution in [0.25, 0.3) is 0 Å². The van der Waals surface area contributed by atoms with E-state index in [1.807, 2.05) is 42.5 Å². The molecular formula is C62H82N10O8. The topological polar surface area (TPSA) is 239 Å². The number of carbonyl (C=O) groups excluding carboxylic acids is 8. The highest BCUT2D eigenvalue weighted by molar-refractivity contribution is 6.00. The molecule has 0 bridgehead atoms. The monoisotopic (exact) mass is 1090 g/mol. The lowest BCUT2D eigenvalue weighted by Crippen LogP contribution is -2.58. The minimum absolute atomic E-state index is 0.0301. The molecule has 2 aliphatic heterocycles. The van der Waals surface area contributed by atoms with Gasteiger partial charge in [-0.15, -0.1) is 0 Å². The number of nitrogens with one attached hydrogen (secondary N) is 8. The third-order valence-corrected chi connectivity index (χ3v) is 17.8. The molecule has 2 heterocycles. The summed E-state index contributed by atoms with van der Waals surface area (Å²) in [5.74, 6) is -3.04. The summed E-state index contributed by atoms with van der Waals surface area (Å²) in [6, 6.07) is 15.8. The van der Waals surface area contributed by atoms with E-state index in [9.17, 15) is 38.4 Å². The van der Waals surface area contributed by atoms with Gasteiger partial charge in [0.1, 0.15) is 24.2 Å². The first-order valence-corrected chi connectivity index (χ1v) is 29.4. The molecule has 4 aliphatic carbocycles. The van der Waals surface area contributed by atoms with Gasteiger partial charge in [-0.25, -0.2) is 0 Å². The highest BCUT2D eigenvalue weighted by Crippen LogP contribution is 2.34. The Bertz CT molecular complexity index is 2800. The summed E-state index contributed by atoms with van der Waals surface area (Å²) in [5.41, 5.74) is 5.80. The lowest BCUT2D eigenvalue weighted by molar-refractivity contribution is -0.143. The van der Waals surface area contributed by atoms with Gasteiger partial charge >= 0.3 is 0 Å². The molecule has 3 aromatic rings. The molecule has 80 heavy (non-hydrogen) atoms. The molecule has 2 saturated heterocycles. The van der Waals surface area contributed by atoms with Crippen molar-refractivity contribution in [2.24, 2.45) is 5.92 Å². The van der Waals surface area contributed by atoms with Crippen LogP contribution in [0.4, 0.5) is 0 Å². The number of amides is 8. The fraction of sp³-hybridized carbons (Fsp3) is 0.548. The summed E-state index contributed by atoms with van der Waals surface area (Å²) in [6.07, 6.45) is 15.2. The standard InChI is InChI=1S/C62H82N10O8/c1-37(63-3)55(73)69-53(41-19-7-5-8-20-41)61(79)71-35-45(33-51(71)59(77)67-49-27-15-23-39-17-11-13-25-47(39)49)65-57(75)43-29-31-44(32-30-43)58(76)66-46-34-52(60(78)68-50-28-16-24-40-18-12-14-26-48(40)50)72(36-46)62(80)54(42-21-9-6-10-22-42)70-56(74)38(2)64-4/h11-14,17-19,25-26,29-32,37-38,42,45-46,49-54,63-64H,5-10,15-16,20-24,27-28,33-36H2,1-4H3,(H,65,75)(H,66,76)(H,67,77)(H,68,78)(H,69,73)(H,70,74)/t37-,38-,45-,46-,49+,50+,51-,52-,53-,54-/m0/s1. The minimum atomic E-state index is -0.980. The Kier molecular flexibility index (Phi) is 19.2. The van der Waals surface area contributed by atoms with E-state index in [-0.39, 0.29) is 84.6 Å². The summed E-state index contributed by atoms with van der Waals surface area (Å²) in [6.45, 7) is 3.54. The number of likely N-dealkylation sites (tertiary alicyclic amines) is 2. The normalized spacial score (nSPS) is 24.3. The zero-order chi connectivity index (χ0) is 56.5. The van der Waals surface area contributed by atoms with Crippen LogP contribution in [-0.2, 0) is 41.6 Å². The Morgan fingerprint density at radius 1 is 0.512 bits per heavy atom. The third-order valence-electron chi connectivity index (χ3n) is 17.8. The Balaban J connectivity index is 0.898. The van der Waals surface area contributed by atoms with Crippen molar-refractivity contribution in [1.29, 1.82) is 0 Å². The molecule has 0 aromatic heterocycles. The number of benzene rings is 3. The molecule has 18 nitrogen and oxygen atoms in total. The van der Waals surface area contributed by atoms with Crippen molar-refractivity contribution >= 4 is 47.3 Å². The molecular weight excluding hydrogens is 1010 g/mol. The molecule has 8 amide bonds. The summed E-state index contributed by atoms with van der Waals surface area (Å²) in [7, 11) is 3.36. The number of fused-ring (bicyclic) bond motifs is 2. The van der Waals surface area contributed by atoms with Crippen molar-refractivity contribution in [3.05, 3.63) is 118 Å². The van der Waals surface area contributed by atoms with Crippen LogP contribution < -0.4 is 42.5 Å². The second kappa shape index (κ2) is 26.6. The molecule has 0 spiro atoms. The Morgan fingerprint density at radius 2 is 1.00 bits per heavy atom. The summed E-state index contributed by atoms with van der Waals surface area (Å²) in [5, 5.41) is 24.6. The van der Waals surface area contributed by atoms with Crippen LogP contribution in [0, 0.1) is 5.92 Å². The SMILES string of the molecule is CN[C@@H](C)C(=O)N[C@H](C(=O)N1C[C@@H](NC(=O)c2ccc(C(=O)N[C@H]3C[C@@H](C(=O)N[C@@H]4CCCc5ccccc54)N(C(=O)[C@@H](NC(=O)[C@H](C)NC)C4CCCCC4)C3)cc2)C[C@H]1C(=O)N[C@@H]1CCCc2ccccc21)C1=CCCCC1. The number of nitrogens with zero attached hydrogens (tertiary/aromatic N) is 2. The first kappa shape index (κ1) is 57.8. The number of aryl methyl sites for hydroxylation is 2. The maximum Gasteiger partial charge on any atom is 0.251 e. The molecule has 9 rings (SSSR count). The molecule has 8 N–H and O–H groups in total. The molecule has 0 unspecified atom stereocenters. The number of carbonyl (C=O) groups is 8. The molecule has 10 atom stereocenters. The van der Waals surface area contributed by atoms with Crippen molar-refractivity contribution in [3.8, 4) is 0 Å². The van der Waals surface area contributed by atoms with Gasteiger partial charge in [0, 0.05) is 36.3 Å². The van der Waals surface area contributed by atoms with Gasteiger partial charge in [0.2, 0.25) is 35.4 Å². The lowest BCUT2D eigenvalue weighted by Gasteiger charge is -2.35. The first-order chi connectivity index (χ1) is 38.7. The molecule has 3 fully saturated rings. The number of hydrogen-bond acceptors (Lipinski definition) is 10. The fourth-order valence-corrected chi connectivity index (χ4v) is 13.0. The second-order valence-electron chi connectivity index (χ2n) is 23.1. The number of allylic oxidation sites excluding steroid dienone is 1. The maximum absolute atomic E-state index is 14.9. The molecule has 3 aromatic carbocycles. The van der Waals surface area contributed by atoms with Gasteiger partial charge in [-0.2, -0.15) is 0 Å². The van der Waals surface area contributed by atoms with Crippen LogP contribution >= 0.6 is 0 Å². The number of likely N-dealkylation sites (N-methyl/N-ethyl adjacent to an activating group) is 2. The van der Waals surface area contributed by atoms with Gasteiger partial charge in [-0.05, 0) is 176 Å². The minimum Gasteiger partial charge on any atom is -0.347 e. The van der Waals surface area contributed by atoms with Crippen molar-refractivity contribution in [1.82, 2.24) is 52.3 Å². The van der Waals surface area contributed by atoms with E-state index in [4.69, 9.17) is 0 Å². The van der Waals surface area contributed by atoms with Gasteiger partial charge in [0.05, 0.1) is 24.2 Å². The van der Waals surface area contributed by atoms with Crippen molar-refractivity contribution in [2.75, 3.05) is 27.2 Å². The van der Waals surface area contributed by atoms with Gasteiger partial charge in [-0.3, -0.25) is 38.4 Å². The quantitative estimate of drug-likeness (QED) is 0.0815. The van der Waals surface area contributed by atoms with Gasteiger partial charge in [0.25, 0.3) is 11.8 Å². The Hall–Kier alpha value is -6.92. The number of hydrogen-bond donors (Lipinski definition) is 8. The average Bonchev–Trinajstić information content (AvgIpc) is 4.12. The zero-order valence-electron chi connectivity index (χ0n) is 47.0. The van der Waals surface area contributed by atoms with Crippen LogP contribution in [0.1, 0.15) is 165 Å². The van der Waals surface area contributed by atoms with E-state index < -0.39 is 66.1 Å². The summed E-state index contributed by atoms with van der Waals surface area (Å²) in [4.78, 5) is 117. The van der Waals surface area contributed by atoms with Gasteiger partial charge in [0.15, 0.2) is 0 Å². The van der Waals surface area contributed by atoms with E-state index in [0.717, 1.165) is 107 Å². The van der Waals surface area contributed by atoms with Crippen LogP contribution in [0.2, 0.25) is 0 Å². The van der Waals surface area contributed by atoms with Crippen LogP contribution in [0.15, 0.2) is 84.4 Å². The number of rotatable bonds is 18. The second-order valence-corrected chi connectivity index (χ2v) is 23.1. The van der Waals surface area contributed by atoms with Crippen LogP contribution in [-0.4, -0.2) is 133 Å². The Labute approximate surface area is 470 Å². The fourth-order valence-electron chi connectivity index (χ4n) is 13.0. The molecule has 428 valence electrons. The maximum atomic E-state index is 14.9.